The second-order valence-electron chi connectivity index (χ2n) is 7.33. The van der Waals surface area contributed by atoms with Crippen LogP contribution in [0.3, 0.4) is 0 Å². The molecule has 0 aliphatic heterocycles. The van der Waals surface area contributed by atoms with Crippen molar-refractivity contribution in [3.63, 3.8) is 0 Å². The first-order valence-corrected chi connectivity index (χ1v) is 9.75. The number of carbonyl (C=O) groups excluding carboxylic acids is 1. The molecule has 0 aliphatic rings. The highest BCUT2D eigenvalue weighted by atomic mass is 35.5. The molecule has 0 saturated heterocycles. The molecule has 30 heavy (non-hydrogen) atoms. The first kappa shape index (κ1) is 19.8. The lowest BCUT2D eigenvalue weighted by Crippen LogP contribution is -2.42. The molecule has 2 aromatic carbocycles. The summed E-state index contributed by atoms with van der Waals surface area (Å²) < 4.78 is 7.53. The molecule has 0 aliphatic carbocycles. The number of halogens is 1. The van der Waals surface area contributed by atoms with Crippen LogP contribution >= 0.6 is 11.6 Å². The van der Waals surface area contributed by atoms with Crippen molar-refractivity contribution < 1.29 is 9.53 Å². The van der Waals surface area contributed by atoms with Crippen molar-refractivity contribution in [1.82, 2.24) is 19.8 Å². The van der Waals surface area contributed by atoms with E-state index in [-0.39, 0.29) is 5.91 Å². The molecular formula is C22H20ClN5O2. The molecule has 0 radical (unpaired) electrons. The fraction of sp³-hybridized carbons (Fsp3) is 0.182. The summed E-state index contributed by atoms with van der Waals surface area (Å²) in [5, 5.41) is 16.1. The third kappa shape index (κ3) is 4.11. The Morgan fingerprint density at radius 1 is 1.00 bits per heavy atom. The van der Waals surface area contributed by atoms with Crippen molar-refractivity contribution in [3.8, 4) is 17.0 Å². The molecule has 152 valence electrons. The molecule has 0 saturated carbocycles. The summed E-state index contributed by atoms with van der Waals surface area (Å²) in [5.74, 6) is 1.03. The number of amides is 1. The largest absolute Gasteiger partial charge is 0.478 e. The van der Waals surface area contributed by atoms with E-state index in [1.54, 1.807) is 42.6 Å². The maximum Gasteiger partial charge on any atom is 0.267 e. The third-order valence-electron chi connectivity index (χ3n) is 4.59. The predicted octanol–water partition coefficient (Wildman–Crippen LogP) is 4.55. The second kappa shape index (κ2) is 7.76. The van der Waals surface area contributed by atoms with E-state index in [0.29, 0.717) is 22.1 Å². The first-order chi connectivity index (χ1) is 14.3. The van der Waals surface area contributed by atoms with E-state index in [9.17, 15) is 4.79 Å². The van der Waals surface area contributed by atoms with Crippen molar-refractivity contribution >= 4 is 28.8 Å². The molecule has 0 unspecified atom stereocenters. The van der Waals surface area contributed by atoms with Gasteiger partial charge in [0.05, 0.1) is 5.69 Å². The molecule has 7 nitrogen and oxygen atoms in total. The van der Waals surface area contributed by atoms with Gasteiger partial charge in [-0.25, -0.2) is 0 Å². The quantitative estimate of drug-likeness (QED) is 0.511. The van der Waals surface area contributed by atoms with Crippen LogP contribution in [-0.2, 0) is 4.79 Å². The average molecular weight is 422 g/mol. The number of anilines is 1. The molecule has 4 rings (SSSR count). The van der Waals surface area contributed by atoms with Gasteiger partial charge in [0.25, 0.3) is 5.91 Å². The van der Waals surface area contributed by atoms with E-state index >= 15 is 0 Å². The lowest BCUT2D eigenvalue weighted by molar-refractivity contribution is -0.128. The fourth-order valence-corrected chi connectivity index (χ4v) is 3.03. The van der Waals surface area contributed by atoms with Gasteiger partial charge in [0.1, 0.15) is 5.75 Å². The first-order valence-electron chi connectivity index (χ1n) is 9.37. The molecule has 4 aromatic rings. The van der Waals surface area contributed by atoms with Crippen molar-refractivity contribution in [1.29, 1.82) is 0 Å². The Morgan fingerprint density at radius 3 is 2.40 bits per heavy atom. The molecule has 0 atom stereocenters. The van der Waals surface area contributed by atoms with Crippen LogP contribution in [-0.4, -0.2) is 31.3 Å². The normalized spacial score (nSPS) is 11.5. The zero-order valence-corrected chi connectivity index (χ0v) is 17.5. The van der Waals surface area contributed by atoms with Crippen LogP contribution in [0.1, 0.15) is 19.7 Å². The Labute approximate surface area is 178 Å². The highest BCUT2D eigenvalue weighted by Crippen LogP contribution is 2.24. The van der Waals surface area contributed by atoms with Gasteiger partial charge in [-0.15, -0.1) is 10.2 Å². The smallest absolute Gasteiger partial charge is 0.267 e. The van der Waals surface area contributed by atoms with E-state index in [4.69, 9.17) is 16.3 Å². The van der Waals surface area contributed by atoms with Crippen molar-refractivity contribution in [3.05, 3.63) is 71.5 Å². The Kier molecular flexibility index (Phi) is 5.13. The van der Waals surface area contributed by atoms with Gasteiger partial charge >= 0.3 is 0 Å². The highest BCUT2D eigenvalue weighted by molar-refractivity contribution is 6.30. The van der Waals surface area contributed by atoms with Crippen molar-refractivity contribution in [2.45, 2.75) is 26.4 Å². The van der Waals surface area contributed by atoms with Crippen LogP contribution in [0.5, 0.6) is 5.75 Å². The monoisotopic (exact) mass is 421 g/mol. The third-order valence-corrected chi connectivity index (χ3v) is 4.84. The molecule has 1 amide bonds. The minimum Gasteiger partial charge on any atom is -0.478 e. The van der Waals surface area contributed by atoms with Gasteiger partial charge < -0.3 is 10.1 Å². The zero-order valence-electron chi connectivity index (χ0n) is 16.8. The lowest BCUT2D eigenvalue weighted by atomic mass is 10.1. The van der Waals surface area contributed by atoms with Crippen LogP contribution in [0.2, 0.25) is 5.02 Å². The SMILES string of the molecule is Cc1nnc2ccc(-c3ccc(NC(=O)C(C)(C)Oc4ccc(Cl)cc4)cc3)nn12. The maximum atomic E-state index is 12.7. The summed E-state index contributed by atoms with van der Waals surface area (Å²) in [6.07, 6.45) is 0. The number of benzene rings is 2. The number of nitrogens with one attached hydrogen (secondary N) is 1. The van der Waals surface area contributed by atoms with E-state index in [0.717, 1.165) is 17.1 Å². The van der Waals surface area contributed by atoms with Crippen molar-refractivity contribution in [2.24, 2.45) is 0 Å². The minimum atomic E-state index is -1.06. The second-order valence-corrected chi connectivity index (χ2v) is 7.77. The number of hydrogen-bond donors (Lipinski definition) is 1. The summed E-state index contributed by atoms with van der Waals surface area (Å²) in [7, 11) is 0. The molecule has 2 aromatic heterocycles. The summed E-state index contributed by atoms with van der Waals surface area (Å²) >= 11 is 5.89. The zero-order chi connectivity index (χ0) is 21.3. The van der Waals surface area contributed by atoms with Gasteiger partial charge in [0.2, 0.25) is 0 Å². The average Bonchev–Trinajstić information content (AvgIpc) is 3.10. The molecule has 1 N–H and O–H groups in total. The maximum absolute atomic E-state index is 12.7. The molecule has 0 fully saturated rings. The van der Waals surface area contributed by atoms with E-state index in [1.165, 1.54) is 0 Å². The number of aryl methyl sites for hydroxylation is 1. The minimum absolute atomic E-state index is 0.259. The summed E-state index contributed by atoms with van der Waals surface area (Å²) in [4.78, 5) is 12.7. The van der Waals surface area contributed by atoms with Crippen LogP contribution < -0.4 is 10.1 Å². The number of fused-ring (bicyclic) bond motifs is 1. The van der Waals surface area contributed by atoms with Crippen molar-refractivity contribution in [2.75, 3.05) is 5.32 Å². The lowest BCUT2D eigenvalue weighted by Gasteiger charge is -2.25. The number of aromatic nitrogens is 4. The van der Waals surface area contributed by atoms with Gasteiger partial charge in [-0.1, -0.05) is 23.7 Å². The van der Waals surface area contributed by atoms with E-state index in [2.05, 4.69) is 20.6 Å². The Morgan fingerprint density at radius 2 is 1.70 bits per heavy atom. The van der Waals surface area contributed by atoms with E-state index in [1.807, 2.05) is 43.3 Å². The topological polar surface area (TPSA) is 81.4 Å². The molecule has 8 heteroatoms. The number of ether oxygens (including phenoxy) is 1. The number of hydrogen-bond acceptors (Lipinski definition) is 5. The molecule has 0 spiro atoms. The van der Waals surface area contributed by atoms with Gasteiger partial charge in [-0.3, -0.25) is 4.79 Å². The van der Waals surface area contributed by atoms with Gasteiger partial charge in [-0.05, 0) is 69.3 Å². The number of nitrogens with zero attached hydrogens (tertiary/aromatic N) is 4. The number of carbonyl (C=O) groups is 1. The van der Waals surface area contributed by atoms with Gasteiger partial charge in [0.15, 0.2) is 17.1 Å². The summed E-state index contributed by atoms with van der Waals surface area (Å²) in [6.45, 7) is 5.28. The Bertz CT molecular complexity index is 1200. The number of rotatable bonds is 5. The van der Waals surface area contributed by atoms with Gasteiger partial charge in [0, 0.05) is 16.3 Å². The highest BCUT2D eigenvalue weighted by Gasteiger charge is 2.30. The van der Waals surface area contributed by atoms with E-state index < -0.39 is 5.60 Å². The Balaban J connectivity index is 1.47. The summed E-state index contributed by atoms with van der Waals surface area (Å²) in [6, 6.07) is 18.1. The van der Waals surface area contributed by atoms with Crippen LogP contribution in [0.25, 0.3) is 16.9 Å². The van der Waals surface area contributed by atoms with Crippen LogP contribution in [0, 0.1) is 6.92 Å². The predicted molar refractivity (Wildman–Crippen MR) is 116 cm³/mol. The molecule has 0 bridgehead atoms. The Hall–Kier alpha value is -3.45. The van der Waals surface area contributed by atoms with Crippen LogP contribution in [0.15, 0.2) is 60.7 Å². The van der Waals surface area contributed by atoms with Gasteiger partial charge in [-0.2, -0.15) is 9.61 Å². The standard InChI is InChI=1S/C22H20ClN5O2/c1-14-25-26-20-13-12-19(27-28(14)20)15-4-8-17(9-5-15)24-21(29)22(2,3)30-18-10-6-16(23)7-11-18/h4-13H,1-3H3,(H,24,29). The molecular weight excluding hydrogens is 402 g/mol. The molecule has 2 heterocycles. The van der Waals surface area contributed by atoms with Crippen LogP contribution in [0.4, 0.5) is 5.69 Å². The fourth-order valence-electron chi connectivity index (χ4n) is 2.90. The summed E-state index contributed by atoms with van der Waals surface area (Å²) in [5.41, 5.74) is 2.00.